The highest BCUT2D eigenvalue weighted by Crippen LogP contribution is 2.41. The maximum Gasteiger partial charge on any atom is 0.229 e. The van der Waals surface area contributed by atoms with E-state index in [9.17, 15) is 0 Å². The molecule has 278 valence electrons. The SMILES string of the molecule is O=P(c1ccc(-n2c3ccccc3c3ccccc32)nn1)(c1ccc(-n2c3ccccc3c3ccccc32)nn1)c1ccc(-n2c3ccccc3c3ccccc32)nn1. The van der Waals surface area contributed by atoms with Crippen LogP contribution in [0.1, 0.15) is 0 Å². The number of hydrogen-bond donors (Lipinski definition) is 0. The Balaban J connectivity index is 1.02. The molecule has 0 aliphatic heterocycles. The molecular weight excluding hydrogens is 750 g/mol. The molecule has 0 saturated carbocycles. The molecule has 6 aromatic heterocycles. The van der Waals surface area contributed by atoms with Crippen molar-refractivity contribution < 1.29 is 4.57 Å². The Morgan fingerprint density at radius 1 is 0.271 bits per heavy atom. The van der Waals surface area contributed by atoms with Crippen LogP contribution in [0.3, 0.4) is 0 Å². The minimum atomic E-state index is -3.90. The van der Waals surface area contributed by atoms with Gasteiger partial charge in [-0.3, -0.25) is 13.7 Å². The molecule has 59 heavy (non-hydrogen) atoms. The van der Waals surface area contributed by atoms with Crippen molar-refractivity contribution in [3.8, 4) is 17.5 Å². The number of hydrogen-bond acceptors (Lipinski definition) is 7. The number of benzene rings is 6. The Hall–Kier alpha value is -7.81. The lowest BCUT2D eigenvalue weighted by atomic mass is 10.2. The Kier molecular flexibility index (Phi) is 7.27. The maximum absolute atomic E-state index is 16.0. The number of fused-ring (bicyclic) bond motifs is 9. The molecule has 0 fully saturated rings. The molecule has 0 aliphatic carbocycles. The molecule has 10 nitrogen and oxygen atoms in total. The minimum absolute atomic E-state index is 0.222. The van der Waals surface area contributed by atoms with Crippen LogP contribution in [0.4, 0.5) is 0 Å². The molecule has 0 atom stereocenters. The standard InChI is InChI=1S/C48H30N9OP/c58-59(46-28-25-43(49-52-46)55-37-19-7-1-13-31(37)32-14-2-8-20-38(32)55,47-29-26-44(50-53-47)56-39-21-9-3-15-33(39)34-16-4-10-22-40(34)56)48-30-27-45(51-54-48)57-41-23-11-5-17-35(41)36-18-6-12-24-42(36)57/h1-30H. The molecule has 6 heterocycles. The van der Waals surface area contributed by atoms with Crippen molar-refractivity contribution in [2.24, 2.45) is 0 Å². The van der Waals surface area contributed by atoms with Crippen LogP contribution in [0.2, 0.25) is 0 Å². The highest BCUT2D eigenvalue weighted by atomic mass is 31.2. The zero-order valence-corrected chi connectivity index (χ0v) is 32.1. The Bertz CT molecular complexity index is 3100. The van der Waals surface area contributed by atoms with Gasteiger partial charge in [-0.2, -0.15) is 0 Å². The van der Waals surface area contributed by atoms with Gasteiger partial charge in [-0.05, 0) is 72.8 Å². The van der Waals surface area contributed by atoms with Gasteiger partial charge in [0.1, 0.15) is 16.3 Å². The number of aromatic nitrogens is 9. The summed E-state index contributed by atoms with van der Waals surface area (Å²) in [7, 11) is -3.90. The topological polar surface area (TPSA) is 109 Å². The third kappa shape index (κ3) is 4.90. The lowest BCUT2D eigenvalue weighted by Gasteiger charge is -2.17. The van der Waals surface area contributed by atoms with E-state index in [1.165, 1.54) is 0 Å². The van der Waals surface area contributed by atoms with Gasteiger partial charge in [0, 0.05) is 32.3 Å². The lowest BCUT2D eigenvalue weighted by molar-refractivity contribution is 0.590. The fourth-order valence-corrected chi connectivity index (χ4v) is 10.7. The van der Waals surface area contributed by atoms with Crippen molar-refractivity contribution in [3.63, 3.8) is 0 Å². The van der Waals surface area contributed by atoms with Crippen LogP contribution >= 0.6 is 7.14 Å². The van der Waals surface area contributed by atoms with Gasteiger partial charge in [0.15, 0.2) is 17.5 Å². The fraction of sp³-hybridized carbons (Fsp3) is 0. The van der Waals surface area contributed by atoms with E-state index in [4.69, 9.17) is 30.6 Å². The monoisotopic (exact) mass is 779 g/mol. The van der Waals surface area contributed by atoms with Crippen LogP contribution in [-0.4, -0.2) is 44.3 Å². The highest BCUT2D eigenvalue weighted by Gasteiger charge is 2.36. The summed E-state index contributed by atoms with van der Waals surface area (Å²) in [5.41, 5.74) is 6.65. The first-order valence-electron chi connectivity index (χ1n) is 19.3. The summed E-state index contributed by atoms with van der Waals surface area (Å²) in [5.74, 6) is 1.79. The Labute approximate surface area is 336 Å². The predicted octanol–water partition coefficient (Wildman–Crippen LogP) is 8.99. The predicted molar refractivity (Wildman–Crippen MR) is 236 cm³/mol. The normalized spacial score (nSPS) is 12.1. The minimum Gasteiger partial charge on any atom is -0.304 e. The van der Waals surface area contributed by atoms with Crippen molar-refractivity contribution in [1.82, 2.24) is 44.3 Å². The molecular formula is C48H30N9OP. The van der Waals surface area contributed by atoms with Gasteiger partial charge in [-0.25, -0.2) is 0 Å². The smallest absolute Gasteiger partial charge is 0.229 e. The first-order valence-corrected chi connectivity index (χ1v) is 21.0. The highest BCUT2D eigenvalue weighted by molar-refractivity contribution is 7.84. The van der Waals surface area contributed by atoms with Crippen molar-refractivity contribution in [2.75, 3.05) is 0 Å². The van der Waals surface area contributed by atoms with Gasteiger partial charge >= 0.3 is 0 Å². The first-order chi connectivity index (χ1) is 29.2. The summed E-state index contributed by atoms with van der Waals surface area (Å²) in [5, 5.41) is 34.9. The number of para-hydroxylation sites is 6. The third-order valence-corrected chi connectivity index (χ3v) is 14.0. The van der Waals surface area contributed by atoms with Gasteiger partial charge in [-0.15, -0.1) is 30.6 Å². The molecule has 0 aliphatic rings. The summed E-state index contributed by atoms with van der Waals surface area (Å²) in [6.07, 6.45) is 0. The summed E-state index contributed by atoms with van der Waals surface area (Å²) in [6.45, 7) is 0. The second-order valence-electron chi connectivity index (χ2n) is 14.5. The third-order valence-electron chi connectivity index (χ3n) is 11.3. The van der Waals surface area contributed by atoms with E-state index >= 15 is 4.57 Å². The maximum atomic E-state index is 16.0. The lowest BCUT2D eigenvalue weighted by Crippen LogP contribution is -2.32. The molecule has 0 unspecified atom stereocenters. The van der Waals surface area contributed by atoms with Crippen molar-refractivity contribution in [3.05, 3.63) is 182 Å². The van der Waals surface area contributed by atoms with Crippen molar-refractivity contribution in [1.29, 1.82) is 0 Å². The quantitative estimate of drug-likeness (QED) is 0.155. The van der Waals surface area contributed by atoms with E-state index in [0.717, 1.165) is 65.4 Å². The average Bonchev–Trinajstić information content (AvgIpc) is 3.95. The molecule has 0 bridgehead atoms. The van der Waals surface area contributed by atoms with Crippen LogP contribution in [0.25, 0.3) is 82.9 Å². The van der Waals surface area contributed by atoms with Gasteiger partial charge in [-0.1, -0.05) is 109 Å². The van der Waals surface area contributed by atoms with Crippen LogP contribution in [0.15, 0.2) is 182 Å². The van der Waals surface area contributed by atoms with Crippen LogP contribution in [0.5, 0.6) is 0 Å². The van der Waals surface area contributed by atoms with Crippen molar-refractivity contribution in [2.45, 2.75) is 0 Å². The Morgan fingerprint density at radius 3 is 0.695 bits per heavy atom. The van der Waals surface area contributed by atoms with Crippen LogP contribution in [-0.2, 0) is 4.57 Å². The molecule has 12 aromatic rings. The van der Waals surface area contributed by atoms with Crippen molar-refractivity contribution >= 4 is 88.9 Å². The molecule has 0 amide bonds. The zero-order valence-electron chi connectivity index (χ0n) is 31.2. The number of nitrogens with zero attached hydrogens (tertiary/aromatic N) is 9. The van der Waals surface area contributed by atoms with E-state index in [1.807, 2.05) is 91.0 Å². The summed E-state index contributed by atoms with van der Waals surface area (Å²) < 4.78 is 22.2. The zero-order chi connectivity index (χ0) is 39.1. The van der Waals surface area contributed by atoms with Crippen LogP contribution < -0.4 is 16.3 Å². The van der Waals surface area contributed by atoms with E-state index < -0.39 is 7.14 Å². The van der Waals surface area contributed by atoms with Crippen LogP contribution in [0, 0.1) is 0 Å². The molecule has 6 aromatic carbocycles. The van der Waals surface area contributed by atoms with E-state index in [2.05, 4.69) is 86.5 Å². The number of rotatable bonds is 6. The molecule has 0 spiro atoms. The average molecular weight is 780 g/mol. The summed E-state index contributed by atoms with van der Waals surface area (Å²) in [4.78, 5) is 0. The summed E-state index contributed by atoms with van der Waals surface area (Å²) >= 11 is 0. The second kappa shape index (κ2) is 12.9. The fourth-order valence-electron chi connectivity index (χ4n) is 8.68. The van der Waals surface area contributed by atoms with Gasteiger partial charge in [0.05, 0.1) is 33.1 Å². The van der Waals surface area contributed by atoms with Gasteiger partial charge in [0.25, 0.3) is 0 Å². The van der Waals surface area contributed by atoms with Gasteiger partial charge in [0.2, 0.25) is 7.14 Å². The summed E-state index contributed by atoms with van der Waals surface area (Å²) in [6, 6.07) is 60.1. The molecule has 0 radical (unpaired) electrons. The van der Waals surface area contributed by atoms with Gasteiger partial charge < -0.3 is 4.57 Å². The molecule has 0 N–H and O–H groups in total. The van der Waals surface area contributed by atoms with E-state index in [1.54, 1.807) is 18.2 Å². The first kappa shape index (κ1) is 33.3. The molecule has 0 saturated heterocycles. The molecule has 11 heteroatoms. The van der Waals surface area contributed by atoms with E-state index in [0.29, 0.717) is 17.5 Å². The Morgan fingerprint density at radius 2 is 0.492 bits per heavy atom. The second-order valence-corrected chi connectivity index (χ2v) is 17.1. The largest absolute Gasteiger partial charge is 0.304 e. The van der Waals surface area contributed by atoms with E-state index in [-0.39, 0.29) is 16.3 Å². The molecule has 12 rings (SSSR count).